The Balaban J connectivity index is 1.65. The highest BCUT2D eigenvalue weighted by Crippen LogP contribution is 2.21. The van der Waals surface area contributed by atoms with Crippen molar-refractivity contribution in [1.29, 1.82) is 0 Å². The Kier molecular flexibility index (Phi) is 6.85. The predicted octanol–water partition coefficient (Wildman–Crippen LogP) is 3.44. The van der Waals surface area contributed by atoms with E-state index in [9.17, 15) is 14.4 Å². The lowest BCUT2D eigenvalue weighted by Crippen LogP contribution is -2.39. The first-order chi connectivity index (χ1) is 14.5. The third-order valence-electron chi connectivity index (χ3n) is 4.58. The third-order valence-corrected chi connectivity index (χ3v) is 4.58. The van der Waals surface area contributed by atoms with Crippen LogP contribution >= 0.6 is 0 Å². The molecule has 3 rings (SSSR count). The first-order valence-electron chi connectivity index (χ1n) is 9.81. The maximum absolute atomic E-state index is 12.3. The molecule has 0 aromatic heterocycles. The van der Waals surface area contributed by atoms with Gasteiger partial charge in [-0.15, -0.1) is 0 Å². The van der Waals surface area contributed by atoms with Crippen LogP contribution in [0.2, 0.25) is 0 Å². The molecule has 30 heavy (non-hydrogen) atoms. The van der Waals surface area contributed by atoms with Crippen LogP contribution in [0.4, 0.5) is 11.4 Å². The van der Waals surface area contributed by atoms with Crippen molar-refractivity contribution in [2.45, 2.75) is 25.9 Å². The number of hydrogen-bond acceptors (Lipinski definition) is 7. The van der Waals surface area contributed by atoms with Gasteiger partial charge in [-0.05, 0) is 68.5 Å². The number of benzene rings is 2. The van der Waals surface area contributed by atoms with E-state index in [1.165, 1.54) is 6.08 Å². The second kappa shape index (κ2) is 9.73. The molecule has 0 fully saturated rings. The van der Waals surface area contributed by atoms with Crippen LogP contribution in [0, 0.1) is 0 Å². The van der Waals surface area contributed by atoms with Crippen molar-refractivity contribution in [3.05, 3.63) is 71.8 Å². The van der Waals surface area contributed by atoms with Gasteiger partial charge in [-0.25, -0.2) is 9.59 Å². The van der Waals surface area contributed by atoms with Crippen LogP contribution in [0.3, 0.4) is 0 Å². The number of ketones is 1. The molecule has 0 bridgehead atoms. The van der Waals surface area contributed by atoms with Gasteiger partial charge in [0.1, 0.15) is 6.04 Å². The molecule has 7 nitrogen and oxygen atoms in total. The average Bonchev–Trinajstić information content (AvgIpc) is 3.08. The second-order valence-electron chi connectivity index (χ2n) is 6.65. The minimum Gasteiger partial charge on any atom is -0.462 e. The summed E-state index contributed by atoms with van der Waals surface area (Å²) in [6, 6.07) is 12.9. The van der Waals surface area contributed by atoms with Crippen LogP contribution in [-0.4, -0.2) is 43.0 Å². The van der Waals surface area contributed by atoms with Crippen molar-refractivity contribution < 1.29 is 23.9 Å². The SMILES string of the molecule is CCOC(=O)c1ccc(N[C@H]2C=CC(=O)[C@@H]2Nc2ccc(C(=O)OCC)cc2)cc1. The quantitative estimate of drug-likeness (QED) is 0.646. The van der Waals surface area contributed by atoms with E-state index in [0.29, 0.717) is 24.3 Å². The summed E-state index contributed by atoms with van der Waals surface area (Å²) in [6.07, 6.45) is 3.33. The highest BCUT2D eigenvalue weighted by molar-refractivity contribution is 6.00. The monoisotopic (exact) mass is 408 g/mol. The molecule has 0 spiro atoms. The van der Waals surface area contributed by atoms with E-state index in [1.807, 2.05) is 0 Å². The number of anilines is 2. The molecule has 0 saturated heterocycles. The fourth-order valence-electron chi connectivity index (χ4n) is 3.09. The number of carbonyl (C=O) groups excluding carboxylic acids is 3. The maximum Gasteiger partial charge on any atom is 0.338 e. The van der Waals surface area contributed by atoms with Crippen molar-refractivity contribution in [2.75, 3.05) is 23.8 Å². The Labute approximate surface area is 175 Å². The summed E-state index contributed by atoms with van der Waals surface area (Å²) in [5.74, 6) is -0.802. The first kappa shape index (κ1) is 21.1. The lowest BCUT2D eigenvalue weighted by molar-refractivity contribution is -0.114. The molecular formula is C23H24N2O5. The molecule has 2 atom stereocenters. The van der Waals surface area contributed by atoms with Gasteiger partial charge in [0.05, 0.1) is 30.4 Å². The Bertz CT molecular complexity index is 935. The summed E-state index contributed by atoms with van der Waals surface area (Å²) in [5, 5.41) is 6.49. The van der Waals surface area contributed by atoms with E-state index in [2.05, 4.69) is 10.6 Å². The summed E-state index contributed by atoms with van der Waals surface area (Å²) in [5.41, 5.74) is 2.41. The van der Waals surface area contributed by atoms with Gasteiger partial charge in [-0.2, -0.15) is 0 Å². The number of nitrogens with one attached hydrogen (secondary N) is 2. The third kappa shape index (κ3) is 5.05. The second-order valence-corrected chi connectivity index (χ2v) is 6.65. The predicted molar refractivity (Wildman–Crippen MR) is 114 cm³/mol. The molecule has 0 saturated carbocycles. The van der Waals surface area contributed by atoms with Crippen LogP contribution < -0.4 is 10.6 Å². The highest BCUT2D eigenvalue weighted by atomic mass is 16.5. The Morgan fingerprint density at radius 2 is 1.27 bits per heavy atom. The van der Waals surface area contributed by atoms with Crippen LogP contribution in [0.15, 0.2) is 60.7 Å². The van der Waals surface area contributed by atoms with Crippen molar-refractivity contribution in [2.24, 2.45) is 0 Å². The molecule has 156 valence electrons. The zero-order chi connectivity index (χ0) is 21.5. The fourth-order valence-corrected chi connectivity index (χ4v) is 3.09. The maximum atomic E-state index is 12.3. The van der Waals surface area contributed by atoms with Crippen LogP contribution in [0.1, 0.15) is 34.6 Å². The summed E-state index contributed by atoms with van der Waals surface area (Å²) < 4.78 is 9.96. The van der Waals surface area contributed by atoms with Crippen LogP contribution in [0.25, 0.3) is 0 Å². The Morgan fingerprint density at radius 1 is 0.800 bits per heavy atom. The van der Waals surface area contributed by atoms with E-state index in [0.717, 1.165) is 11.4 Å². The topological polar surface area (TPSA) is 93.7 Å². The highest BCUT2D eigenvalue weighted by Gasteiger charge is 2.30. The van der Waals surface area contributed by atoms with E-state index in [1.54, 1.807) is 68.5 Å². The minimum atomic E-state index is -0.497. The Hall–Kier alpha value is -3.61. The average molecular weight is 408 g/mol. The smallest absolute Gasteiger partial charge is 0.338 e. The Morgan fingerprint density at radius 3 is 1.73 bits per heavy atom. The molecule has 2 aromatic carbocycles. The molecule has 0 heterocycles. The van der Waals surface area contributed by atoms with Gasteiger partial charge in [-0.3, -0.25) is 4.79 Å². The molecule has 0 aliphatic heterocycles. The van der Waals surface area contributed by atoms with Crippen molar-refractivity contribution in [3.63, 3.8) is 0 Å². The summed E-state index contributed by atoms with van der Waals surface area (Å²) in [6.45, 7) is 4.15. The van der Waals surface area contributed by atoms with E-state index < -0.39 is 6.04 Å². The van der Waals surface area contributed by atoms with Gasteiger partial charge in [0.2, 0.25) is 0 Å². The van der Waals surface area contributed by atoms with Crippen molar-refractivity contribution in [3.8, 4) is 0 Å². The van der Waals surface area contributed by atoms with Gasteiger partial charge in [-0.1, -0.05) is 6.08 Å². The molecule has 1 aliphatic rings. The van der Waals surface area contributed by atoms with Gasteiger partial charge < -0.3 is 20.1 Å². The van der Waals surface area contributed by atoms with Gasteiger partial charge in [0.15, 0.2) is 5.78 Å². The molecule has 7 heteroatoms. The van der Waals surface area contributed by atoms with Crippen LogP contribution in [0.5, 0.6) is 0 Å². The van der Waals surface area contributed by atoms with Crippen molar-refractivity contribution in [1.82, 2.24) is 0 Å². The summed E-state index contributed by atoms with van der Waals surface area (Å²) >= 11 is 0. The normalized spacial score (nSPS) is 17.5. The van der Waals surface area contributed by atoms with Gasteiger partial charge in [0, 0.05) is 11.4 Å². The van der Waals surface area contributed by atoms with E-state index in [-0.39, 0.29) is 23.8 Å². The lowest BCUT2D eigenvalue weighted by Gasteiger charge is -2.23. The molecule has 2 N–H and O–H groups in total. The van der Waals surface area contributed by atoms with Gasteiger partial charge in [0.25, 0.3) is 0 Å². The molecule has 0 unspecified atom stereocenters. The van der Waals surface area contributed by atoms with Crippen molar-refractivity contribution >= 4 is 29.1 Å². The molecule has 2 aromatic rings. The minimum absolute atomic E-state index is 0.0508. The summed E-state index contributed by atoms with van der Waals surface area (Å²) in [4.78, 5) is 35.9. The van der Waals surface area contributed by atoms with Crippen LogP contribution in [-0.2, 0) is 14.3 Å². The number of esters is 2. The van der Waals surface area contributed by atoms with E-state index >= 15 is 0 Å². The fraction of sp³-hybridized carbons (Fsp3) is 0.261. The largest absolute Gasteiger partial charge is 0.462 e. The first-order valence-corrected chi connectivity index (χ1v) is 9.81. The lowest BCUT2D eigenvalue weighted by atomic mass is 10.1. The number of carbonyl (C=O) groups is 3. The van der Waals surface area contributed by atoms with Gasteiger partial charge >= 0.3 is 11.9 Å². The standard InChI is InChI=1S/C23H24N2O5/c1-3-29-22(27)15-5-9-17(10-6-15)24-19-13-14-20(26)21(19)25-18-11-7-16(8-12-18)23(28)30-4-2/h5-14,19,21,24-25H,3-4H2,1-2H3/t19-,21+/m0/s1. The van der Waals surface area contributed by atoms with E-state index in [4.69, 9.17) is 9.47 Å². The number of rotatable bonds is 8. The molecule has 1 aliphatic carbocycles. The molecular weight excluding hydrogens is 384 g/mol. The number of hydrogen-bond donors (Lipinski definition) is 2. The molecule has 0 amide bonds. The molecule has 0 radical (unpaired) electrons. The zero-order valence-electron chi connectivity index (χ0n) is 16.9. The summed E-state index contributed by atoms with van der Waals surface area (Å²) in [7, 11) is 0. The zero-order valence-corrected chi connectivity index (χ0v) is 16.9. The number of ether oxygens (including phenoxy) is 2.